The van der Waals surface area contributed by atoms with Crippen molar-refractivity contribution < 1.29 is 64.9 Å². The lowest BCUT2D eigenvalue weighted by atomic mass is 9.47. The van der Waals surface area contributed by atoms with Crippen LogP contribution in [0.15, 0.2) is 11.6 Å². The van der Waals surface area contributed by atoms with Crippen molar-refractivity contribution in [3.8, 4) is 0 Å². The molecular weight excluding hydrogens is 604 g/mol. The van der Waals surface area contributed by atoms with E-state index in [1.54, 1.807) is 0 Å². The van der Waals surface area contributed by atoms with E-state index in [2.05, 4.69) is 19.9 Å². The van der Waals surface area contributed by atoms with Crippen LogP contribution in [0.2, 0.25) is 0 Å². The Hall–Kier alpha value is -0.780. The molecule has 3 saturated carbocycles. The molecule has 5 fully saturated rings. The van der Waals surface area contributed by atoms with E-state index in [1.165, 1.54) is 5.57 Å². The quantitative estimate of drug-likeness (QED) is 0.149. The van der Waals surface area contributed by atoms with Gasteiger partial charge in [0.2, 0.25) is 0 Å². The first kappa shape index (κ1) is 35.1. The monoisotopic (exact) mass is 658 g/mol. The number of hydrogen-bond acceptors (Lipinski definition) is 13. The lowest BCUT2D eigenvalue weighted by Crippen LogP contribution is -2.60. The van der Waals surface area contributed by atoms with Gasteiger partial charge in [0, 0.05) is 5.92 Å². The summed E-state index contributed by atoms with van der Waals surface area (Å²) in [6.07, 6.45) is -6.79. The molecule has 264 valence electrons. The van der Waals surface area contributed by atoms with Gasteiger partial charge in [-0.05, 0) is 80.5 Å². The van der Waals surface area contributed by atoms with Crippen LogP contribution in [0.25, 0.3) is 0 Å². The molecule has 0 aromatic carbocycles. The molecule has 0 aromatic rings. The zero-order chi connectivity index (χ0) is 33.3. The second kappa shape index (κ2) is 13.2. The van der Waals surface area contributed by atoms with Gasteiger partial charge in [0.15, 0.2) is 12.6 Å². The van der Waals surface area contributed by atoms with Crippen LogP contribution in [0.3, 0.4) is 0 Å². The molecule has 0 amide bonds. The Morgan fingerprint density at radius 2 is 1.41 bits per heavy atom. The third kappa shape index (κ3) is 5.70. The van der Waals surface area contributed by atoms with Crippen molar-refractivity contribution in [2.45, 2.75) is 145 Å². The zero-order valence-electron chi connectivity index (χ0n) is 26.9. The van der Waals surface area contributed by atoms with E-state index in [0.717, 1.165) is 32.1 Å². The molecule has 2 saturated heterocycles. The maximum absolute atomic E-state index is 11.5. The normalized spacial score (nSPS) is 54.7. The van der Waals surface area contributed by atoms with Crippen LogP contribution in [0.5, 0.6) is 0 Å². The Morgan fingerprint density at radius 1 is 0.804 bits per heavy atom. The molecule has 4 aliphatic carbocycles. The van der Waals surface area contributed by atoms with Gasteiger partial charge in [-0.15, -0.1) is 0 Å². The van der Waals surface area contributed by atoms with E-state index in [-0.39, 0.29) is 28.8 Å². The van der Waals surface area contributed by atoms with E-state index in [9.17, 15) is 46.0 Å². The fraction of sp³-hybridized carbons (Fsp3) is 0.939. The highest BCUT2D eigenvalue weighted by Crippen LogP contribution is 2.67. The summed E-state index contributed by atoms with van der Waals surface area (Å²) in [5.41, 5.74) is 1.02. The van der Waals surface area contributed by atoms with Gasteiger partial charge in [0.05, 0.1) is 31.5 Å². The SMILES string of the molecule is CC(OC1OC(CO)C(O)C(O)C1O)C1C(O)CC2C3CC=C4CC(OC5OC(CO)C(O)C(O)C5O)CCC4(C)C3CCC21C. The van der Waals surface area contributed by atoms with Gasteiger partial charge < -0.3 is 64.9 Å². The van der Waals surface area contributed by atoms with E-state index in [0.29, 0.717) is 24.7 Å². The van der Waals surface area contributed by atoms with E-state index in [4.69, 9.17) is 18.9 Å². The second-order valence-corrected chi connectivity index (χ2v) is 15.4. The molecule has 6 aliphatic rings. The number of hydrogen-bond donors (Lipinski definition) is 9. The number of aliphatic hydroxyl groups excluding tert-OH is 9. The largest absolute Gasteiger partial charge is 0.394 e. The minimum atomic E-state index is -1.53. The molecular formula is C33H54O13. The van der Waals surface area contributed by atoms with Crippen LogP contribution in [0.1, 0.15) is 65.7 Å². The predicted octanol–water partition coefficient (Wildman–Crippen LogP) is -1.07. The number of fused-ring (bicyclic) bond motifs is 5. The van der Waals surface area contributed by atoms with Crippen LogP contribution in [-0.4, -0.2) is 139 Å². The maximum atomic E-state index is 11.5. The average molecular weight is 659 g/mol. The number of allylic oxidation sites excluding steroid dienone is 1. The van der Waals surface area contributed by atoms with Crippen LogP contribution in [0.4, 0.5) is 0 Å². The molecule has 19 atom stereocenters. The summed E-state index contributed by atoms with van der Waals surface area (Å²) in [6, 6.07) is 0. The summed E-state index contributed by atoms with van der Waals surface area (Å²) in [6.45, 7) is 5.37. The molecule has 0 bridgehead atoms. The number of rotatable bonds is 7. The molecule has 0 radical (unpaired) electrons. The highest BCUT2D eigenvalue weighted by Gasteiger charge is 2.62. The van der Waals surface area contributed by atoms with Crippen molar-refractivity contribution in [3.05, 3.63) is 11.6 Å². The standard InChI is InChI=1S/C33H54O13/c1-14(43-30-28(41)26(39)24(37)21(12-34)45-30)23-20(36)11-19-17-5-4-15-10-16(6-8-32(15,2)18(17)7-9-33(19,23)3)44-31-29(42)27(40)25(38)22(13-35)46-31/h4,14,16-31,34-42H,5-13H2,1-3H3. The first-order valence-corrected chi connectivity index (χ1v) is 17.0. The first-order chi connectivity index (χ1) is 21.7. The highest BCUT2D eigenvalue weighted by atomic mass is 16.7. The van der Waals surface area contributed by atoms with Crippen molar-refractivity contribution in [1.29, 1.82) is 0 Å². The Morgan fingerprint density at radius 3 is 2.04 bits per heavy atom. The fourth-order valence-corrected chi connectivity index (χ4v) is 10.5. The van der Waals surface area contributed by atoms with Crippen LogP contribution in [-0.2, 0) is 18.9 Å². The summed E-state index contributed by atoms with van der Waals surface area (Å²) in [5, 5.41) is 92.4. The van der Waals surface area contributed by atoms with Gasteiger partial charge in [-0.2, -0.15) is 0 Å². The zero-order valence-corrected chi connectivity index (χ0v) is 26.9. The van der Waals surface area contributed by atoms with Gasteiger partial charge in [0.25, 0.3) is 0 Å². The van der Waals surface area contributed by atoms with Crippen molar-refractivity contribution in [3.63, 3.8) is 0 Å². The lowest BCUT2D eigenvalue weighted by Gasteiger charge is -2.58. The molecule has 19 unspecified atom stereocenters. The van der Waals surface area contributed by atoms with E-state index < -0.39 is 86.8 Å². The van der Waals surface area contributed by atoms with E-state index >= 15 is 0 Å². The Labute approximate surface area is 269 Å². The molecule has 13 nitrogen and oxygen atoms in total. The molecule has 9 N–H and O–H groups in total. The minimum Gasteiger partial charge on any atom is -0.394 e. The first-order valence-electron chi connectivity index (χ1n) is 17.0. The molecule has 0 spiro atoms. The van der Waals surface area contributed by atoms with Crippen molar-refractivity contribution in [1.82, 2.24) is 0 Å². The molecule has 0 aromatic heterocycles. The topological polar surface area (TPSA) is 219 Å². The van der Waals surface area contributed by atoms with Crippen LogP contribution >= 0.6 is 0 Å². The van der Waals surface area contributed by atoms with Crippen molar-refractivity contribution in [2.75, 3.05) is 13.2 Å². The third-order valence-corrected chi connectivity index (χ3v) is 13.0. The summed E-state index contributed by atoms with van der Waals surface area (Å²) in [7, 11) is 0. The predicted molar refractivity (Wildman–Crippen MR) is 160 cm³/mol. The molecule has 6 rings (SSSR count). The van der Waals surface area contributed by atoms with Crippen LogP contribution < -0.4 is 0 Å². The summed E-state index contributed by atoms with van der Waals surface area (Å²) >= 11 is 0. The third-order valence-electron chi connectivity index (χ3n) is 13.0. The van der Waals surface area contributed by atoms with Crippen molar-refractivity contribution in [2.24, 2.45) is 34.5 Å². The number of ether oxygens (including phenoxy) is 4. The van der Waals surface area contributed by atoms with Crippen molar-refractivity contribution >= 4 is 0 Å². The van der Waals surface area contributed by atoms with E-state index in [1.807, 2.05) is 6.92 Å². The van der Waals surface area contributed by atoms with Gasteiger partial charge in [0.1, 0.15) is 48.8 Å². The van der Waals surface area contributed by atoms with Gasteiger partial charge in [-0.3, -0.25) is 0 Å². The van der Waals surface area contributed by atoms with Gasteiger partial charge in [-0.25, -0.2) is 0 Å². The Bertz CT molecular complexity index is 1100. The molecule has 2 aliphatic heterocycles. The summed E-state index contributed by atoms with van der Waals surface area (Å²) < 4.78 is 23.5. The molecule has 46 heavy (non-hydrogen) atoms. The smallest absolute Gasteiger partial charge is 0.186 e. The molecule has 13 heteroatoms. The lowest BCUT2D eigenvalue weighted by molar-refractivity contribution is -0.317. The summed E-state index contributed by atoms with van der Waals surface area (Å²) in [4.78, 5) is 0. The summed E-state index contributed by atoms with van der Waals surface area (Å²) in [5.74, 6) is 0.762. The van der Waals surface area contributed by atoms with Gasteiger partial charge >= 0.3 is 0 Å². The van der Waals surface area contributed by atoms with Gasteiger partial charge in [-0.1, -0.05) is 25.5 Å². The minimum absolute atomic E-state index is 0.0546. The Balaban J connectivity index is 1.13. The maximum Gasteiger partial charge on any atom is 0.186 e. The molecule has 2 heterocycles. The highest BCUT2D eigenvalue weighted by molar-refractivity contribution is 5.26. The fourth-order valence-electron chi connectivity index (χ4n) is 10.5. The second-order valence-electron chi connectivity index (χ2n) is 15.4. The van der Waals surface area contributed by atoms with Crippen LogP contribution in [0, 0.1) is 34.5 Å². The Kier molecular flexibility index (Phi) is 10.0. The number of aliphatic hydroxyl groups is 9. The average Bonchev–Trinajstić information content (AvgIpc) is 3.31.